The lowest BCUT2D eigenvalue weighted by molar-refractivity contribution is -0.143. The van der Waals surface area contributed by atoms with Gasteiger partial charge in [-0.3, -0.25) is 9.78 Å². The molecule has 3 aliphatic heterocycles. The van der Waals surface area contributed by atoms with Crippen LogP contribution in [0.5, 0.6) is 5.75 Å². The minimum Gasteiger partial charge on any atom is -0.496 e. The van der Waals surface area contributed by atoms with Crippen molar-refractivity contribution in [3.63, 3.8) is 0 Å². The molecule has 2 unspecified atom stereocenters. The lowest BCUT2D eigenvalue weighted by atomic mass is 9.76. The first-order valence-electron chi connectivity index (χ1n) is 18.2. The first kappa shape index (κ1) is 37.5. The van der Waals surface area contributed by atoms with Crippen LogP contribution in [0.4, 0.5) is 4.79 Å². The lowest BCUT2D eigenvalue weighted by Gasteiger charge is -2.45. The summed E-state index contributed by atoms with van der Waals surface area (Å²) in [6, 6.07) is 13.7. The molecule has 284 valence electrons. The predicted molar refractivity (Wildman–Crippen MR) is 201 cm³/mol. The van der Waals surface area contributed by atoms with Gasteiger partial charge < -0.3 is 29.9 Å². The molecule has 4 aromatic rings. The van der Waals surface area contributed by atoms with Crippen LogP contribution >= 0.6 is 23.2 Å². The van der Waals surface area contributed by atoms with Gasteiger partial charge in [0.05, 0.1) is 33.9 Å². The number of carbonyl (C=O) groups excluding carboxylic acids is 2. The lowest BCUT2D eigenvalue weighted by Crippen LogP contribution is -2.59. The normalized spacial score (nSPS) is 21.5. The van der Waals surface area contributed by atoms with E-state index in [1.165, 1.54) is 15.9 Å². The molecule has 2 aromatic heterocycles. The maximum atomic E-state index is 14.2. The summed E-state index contributed by atoms with van der Waals surface area (Å²) in [4.78, 5) is 50.1. The van der Waals surface area contributed by atoms with E-state index in [1.54, 1.807) is 37.7 Å². The Morgan fingerprint density at radius 1 is 0.981 bits per heavy atom. The van der Waals surface area contributed by atoms with Gasteiger partial charge in [-0.1, -0.05) is 35.3 Å². The zero-order valence-corrected chi connectivity index (χ0v) is 31.5. The van der Waals surface area contributed by atoms with Crippen molar-refractivity contribution in [3.05, 3.63) is 94.0 Å². The van der Waals surface area contributed by atoms with E-state index in [-0.39, 0.29) is 11.9 Å². The number of carbonyl (C=O) groups is 3. The van der Waals surface area contributed by atoms with E-state index < -0.39 is 23.0 Å². The average molecular weight is 777 g/mol. The third-order valence-electron chi connectivity index (χ3n) is 11.4. The van der Waals surface area contributed by atoms with Crippen molar-refractivity contribution >= 4 is 41.1 Å². The predicted octanol–water partition coefficient (Wildman–Crippen LogP) is 5.19. The molecule has 2 atom stereocenters. The molecule has 0 spiro atoms. The molecule has 2 N–H and O–H groups in total. The molecule has 3 aliphatic rings. The van der Waals surface area contributed by atoms with Crippen LogP contribution in [0.2, 0.25) is 10.0 Å². The Bertz CT molecular complexity index is 1980. The molecule has 3 fully saturated rings. The molecule has 14 nitrogen and oxygen atoms in total. The molecular formula is C38H43Cl2N9O5. The van der Waals surface area contributed by atoms with Gasteiger partial charge in [0, 0.05) is 50.5 Å². The van der Waals surface area contributed by atoms with Crippen LogP contribution in [0, 0.1) is 0 Å². The second kappa shape index (κ2) is 15.9. The van der Waals surface area contributed by atoms with Crippen molar-refractivity contribution in [2.24, 2.45) is 0 Å². The number of aromatic nitrogens is 5. The van der Waals surface area contributed by atoms with Crippen LogP contribution < -0.4 is 10.1 Å². The Morgan fingerprint density at radius 2 is 1.81 bits per heavy atom. The topological polar surface area (TPSA) is 159 Å². The number of urea groups is 1. The number of aliphatic carboxylic acids is 1. The first-order chi connectivity index (χ1) is 26.1. The number of pyridine rings is 1. The van der Waals surface area contributed by atoms with E-state index in [1.807, 2.05) is 35.2 Å². The number of carboxylic acid groups (broad SMARTS) is 1. The van der Waals surface area contributed by atoms with E-state index in [0.29, 0.717) is 79.0 Å². The van der Waals surface area contributed by atoms with Crippen LogP contribution in [0.25, 0.3) is 5.69 Å². The van der Waals surface area contributed by atoms with Crippen molar-refractivity contribution in [2.75, 3.05) is 46.4 Å². The number of piperidine rings is 2. The maximum absolute atomic E-state index is 14.2. The summed E-state index contributed by atoms with van der Waals surface area (Å²) >= 11 is 13.0. The highest BCUT2D eigenvalue weighted by atomic mass is 35.5. The number of halogens is 2. The molecule has 0 aliphatic carbocycles. The minimum atomic E-state index is -0.977. The maximum Gasteiger partial charge on any atom is 0.326 e. The SMILES string of the molecule is COc1ccc(-n2cnnn2)cc1C(=O)N1CCC(CCN2CCC(NC(=O)N3CCCCC3C(=O)O)(c3cccnc3)CC2)(c2ccc(Cl)c(Cl)c2)C1. The summed E-state index contributed by atoms with van der Waals surface area (Å²) < 4.78 is 7.10. The number of tetrazole rings is 1. The molecule has 3 amide bonds. The van der Waals surface area contributed by atoms with Gasteiger partial charge in [0.25, 0.3) is 5.91 Å². The summed E-state index contributed by atoms with van der Waals surface area (Å²) in [6.45, 7) is 3.53. The Kier molecular flexibility index (Phi) is 11.0. The highest BCUT2D eigenvalue weighted by Gasteiger charge is 2.44. The zero-order valence-electron chi connectivity index (χ0n) is 30.0. The summed E-state index contributed by atoms with van der Waals surface area (Å²) in [5, 5.41) is 25.5. The standard InChI is InChI=1S/C38H43Cl2N9O5/c1-54-33-10-8-28(49-25-42-44-45-49)22-29(33)34(50)47-20-12-37(24-47,26-7-9-30(39)31(40)21-26)11-17-46-18-13-38(14-19-46,27-5-4-15-41-23-27)43-36(53)48-16-3-2-6-32(48)35(51)52/h4-5,7-10,15,21-23,25,32H,2-3,6,11-14,16-20,24H2,1H3,(H,43,53)(H,51,52). The van der Waals surface area contributed by atoms with E-state index in [4.69, 9.17) is 27.9 Å². The van der Waals surface area contributed by atoms with E-state index in [0.717, 1.165) is 43.4 Å². The van der Waals surface area contributed by atoms with Gasteiger partial charge in [-0.05, 0) is 109 Å². The Labute approximate surface area is 323 Å². The highest BCUT2D eigenvalue weighted by Crippen LogP contribution is 2.42. The largest absolute Gasteiger partial charge is 0.496 e. The fourth-order valence-corrected chi connectivity index (χ4v) is 8.58. The van der Waals surface area contributed by atoms with Gasteiger partial charge in [0.1, 0.15) is 18.1 Å². The van der Waals surface area contributed by atoms with E-state index in [2.05, 4.69) is 30.7 Å². The number of amides is 3. The first-order valence-corrected chi connectivity index (χ1v) is 19.0. The van der Waals surface area contributed by atoms with Gasteiger partial charge in [-0.15, -0.1) is 5.10 Å². The summed E-state index contributed by atoms with van der Waals surface area (Å²) in [5.74, 6) is -0.673. The summed E-state index contributed by atoms with van der Waals surface area (Å²) in [7, 11) is 1.54. The van der Waals surface area contributed by atoms with E-state index >= 15 is 0 Å². The Balaban J connectivity index is 1.09. The number of nitrogens with zero attached hydrogens (tertiary/aromatic N) is 8. The zero-order chi connectivity index (χ0) is 37.9. The number of likely N-dealkylation sites (tertiary alicyclic amines) is 3. The second-order valence-corrected chi connectivity index (χ2v) is 15.2. The van der Waals surface area contributed by atoms with Crippen LogP contribution in [0.15, 0.2) is 67.3 Å². The smallest absolute Gasteiger partial charge is 0.326 e. The minimum absolute atomic E-state index is 0.155. The van der Waals surface area contributed by atoms with Gasteiger partial charge >= 0.3 is 12.0 Å². The molecule has 3 saturated heterocycles. The van der Waals surface area contributed by atoms with Gasteiger partial charge in [0.2, 0.25) is 0 Å². The van der Waals surface area contributed by atoms with Crippen LogP contribution in [-0.2, 0) is 15.7 Å². The number of benzene rings is 2. The molecule has 0 bridgehead atoms. The van der Waals surface area contributed by atoms with Crippen molar-refractivity contribution in [1.82, 2.24) is 45.2 Å². The number of rotatable bonds is 10. The van der Waals surface area contributed by atoms with Crippen LogP contribution in [0.3, 0.4) is 0 Å². The van der Waals surface area contributed by atoms with Crippen molar-refractivity contribution in [2.45, 2.75) is 61.9 Å². The highest BCUT2D eigenvalue weighted by molar-refractivity contribution is 6.42. The molecular weight excluding hydrogens is 733 g/mol. The second-order valence-electron chi connectivity index (χ2n) is 14.4. The van der Waals surface area contributed by atoms with Crippen molar-refractivity contribution in [1.29, 1.82) is 0 Å². The average Bonchev–Trinajstić information content (AvgIpc) is 3.91. The Hall–Kier alpha value is -4.79. The van der Waals surface area contributed by atoms with Crippen molar-refractivity contribution < 1.29 is 24.2 Å². The third-order valence-corrected chi connectivity index (χ3v) is 12.2. The molecule has 54 heavy (non-hydrogen) atoms. The van der Waals surface area contributed by atoms with Crippen LogP contribution in [0.1, 0.15) is 66.4 Å². The van der Waals surface area contributed by atoms with E-state index in [9.17, 15) is 19.5 Å². The number of nitrogens with one attached hydrogen (secondary N) is 1. The number of hydrogen-bond donors (Lipinski definition) is 2. The number of methoxy groups -OCH3 is 1. The molecule has 5 heterocycles. The van der Waals surface area contributed by atoms with Crippen LogP contribution in [-0.4, -0.2) is 115 Å². The summed E-state index contributed by atoms with van der Waals surface area (Å²) in [5.41, 5.74) is 1.87. The molecule has 0 saturated carbocycles. The molecule has 7 rings (SSSR count). The Morgan fingerprint density at radius 3 is 2.52 bits per heavy atom. The van der Waals surface area contributed by atoms with Crippen molar-refractivity contribution in [3.8, 4) is 11.4 Å². The third kappa shape index (κ3) is 7.59. The van der Waals surface area contributed by atoms with Gasteiger partial charge in [0.15, 0.2) is 0 Å². The summed E-state index contributed by atoms with van der Waals surface area (Å²) in [6.07, 6.45) is 9.68. The molecule has 16 heteroatoms. The molecule has 0 radical (unpaired) electrons. The number of carboxylic acids is 1. The number of hydrogen-bond acceptors (Lipinski definition) is 9. The van der Waals surface area contributed by atoms with Gasteiger partial charge in [-0.25, -0.2) is 14.3 Å². The fourth-order valence-electron chi connectivity index (χ4n) is 8.28. The van der Waals surface area contributed by atoms with Gasteiger partial charge in [-0.2, -0.15) is 0 Å². The number of ether oxygens (including phenoxy) is 1. The monoisotopic (exact) mass is 775 g/mol. The molecule has 2 aromatic carbocycles. The quantitative estimate of drug-likeness (QED) is 0.220. The fraction of sp³-hybridized carbons (Fsp3) is 0.447.